The Hall–Kier alpha value is -3.32. The summed E-state index contributed by atoms with van der Waals surface area (Å²) in [5.41, 5.74) is 4.53. The van der Waals surface area contributed by atoms with Crippen molar-refractivity contribution in [2.24, 2.45) is 0 Å². The van der Waals surface area contributed by atoms with Crippen molar-refractivity contribution in [3.63, 3.8) is 0 Å². The van der Waals surface area contributed by atoms with E-state index in [4.69, 9.17) is 18.9 Å². The Morgan fingerprint density at radius 3 is 1.38 bits per heavy atom. The minimum absolute atomic E-state index is 0.0465. The van der Waals surface area contributed by atoms with Gasteiger partial charge in [-0.2, -0.15) is 0 Å². The van der Waals surface area contributed by atoms with Gasteiger partial charge in [-0.05, 0) is 22.3 Å². The van der Waals surface area contributed by atoms with Crippen molar-refractivity contribution in [3.05, 3.63) is 144 Å². The van der Waals surface area contributed by atoms with E-state index in [-0.39, 0.29) is 24.4 Å². The van der Waals surface area contributed by atoms with Crippen LogP contribution < -0.4 is 5.32 Å². The molecule has 5 heteroatoms. The van der Waals surface area contributed by atoms with Crippen LogP contribution in [0.5, 0.6) is 0 Å². The largest absolute Gasteiger partial charge is 0.375 e. The molecule has 0 radical (unpaired) electrons. The van der Waals surface area contributed by atoms with Crippen LogP contribution in [0.25, 0.3) is 0 Å². The van der Waals surface area contributed by atoms with E-state index in [1.165, 1.54) is 0 Å². The molecule has 0 amide bonds. The summed E-state index contributed by atoms with van der Waals surface area (Å²) in [7, 11) is 0. The summed E-state index contributed by atoms with van der Waals surface area (Å²) in [6, 6.07) is 41.0. The average molecular weight is 524 g/mol. The number of piperidine rings is 1. The average Bonchev–Trinajstić information content (AvgIpc) is 3.00. The summed E-state index contributed by atoms with van der Waals surface area (Å²) in [5, 5.41) is 3.65. The predicted octanol–water partition coefficient (Wildman–Crippen LogP) is 5.93. The maximum absolute atomic E-state index is 6.62. The molecule has 0 aromatic heterocycles. The van der Waals surface area contributed by atoms with E-state index in [0.717, 1.165) is 22.3 Å². The Balaban J connectivity index is 1.32. The fourth-order valence-corrected chi connectivity index (χ4v) is 4.85. The SMILES string of the molecule is c1ccc(COC[C@H]2NC[C@H](OCc3ccccc3)[C@H](OCc3ccccc3)[C@@H]2OCc2ccccc2)cc1. The lowest BCUT2D eigenvalue weighted by Crippen LogP contribution is -2.63. The lowest BCUT2D eigenvalue weighted by molar-refractivity contribution is -0.181. The van der Waals surface area contributed by atoms with Crippen LogP contribution >= 0.6 is 0 Å². The van der Waals surface area contributed by atoms with E-state index in [1.54, 1.807) is 0 Å². The van der Waals surface area contributed by atoms with Gasteiger partial charge >= 0.3 is 0 Å². The second-order valence-corrected chi connectivity index (χ2v) is 9.87. The van der Waals surface area contributed by atoms with E-state index >= 15 is 0 Å². The summed E-state index contributed by atoms with van der Waals surface area (Å²) >= 11 is 0. The molecule has 0 bridgehead atoms. The minimum atomic E-state index is -0.274. The van der Waals surface area contributed by atoms with Crippen LogP contribution in [0.3, 0.4) is 0 Å². The highest BCUT2D eigenvalue weighted by molar-refractivity contribution is 5.16. The van der Waals surface area contributed by atoms with Gasteiger partial charge in [0, 0.05) is 6.54 Å². The van der Waals surface area contributed by atoms with Crippen LogP contribution in [0.15, 0.2) is 121 Å². The monoisotopic (exact) mass is 523 g/mol. The lowest BCUT2D eigenvalue weighted by Gasteiger charge is -2.43. The molecule has 4 atom stereocenters. The summed E-state index contributed by atoms with van der Waals surface area (Å²) in [5.74, 6) is 0. The highest BCUT2D eigenvalue weighted by atomic mass is 16.6. The first kappa shape index (κ1) is 27.3. The Bertz CT molecular complexity index is 1210. The molecular weight excluding hydrogens is 486 g/mol. The Morgan fingerprint density at radius 1 is 0.487 bits per heavy atom. The van der Waals surface area contributed by atoms with Gasteiger partial charge in [-0.15, -0.1) is 0 Å². The number of hydrogen-bond acceptors (Lipinski definition) is 5. The topological polar surface area (TPSA) is 49.0 Å². The second kappa shape index (κ2) is 14.7. The molecule has 1 aliphatic heterocycles. The third-order valence-electron chi connectivity index (χ3n) is 6.95. The first-order chi connectivity index (χ1) is 19.3. The van der Waals surface area contributed by atoms with Gasteiger partial charge in [0.15, 0.2) is 0 Å². The van der Waals surface area contributed by atoms with Crippen LogP contribution in [0, 0.1) is 0 Å². The summed E-state index contributed by atoms with van der Waals surface area (Å²) in [4.78, 5) is 0. The smallest absolute Gasteiger partial charge is 0.113 e. The van der Waals surface area contributed by atoms with Crippen LogP contribution in [-0.2, 0) is 45.4 Å². The molecule has 4 aromatic carbocycles. The standard InChI is InChI=1S/C34H37NO4/c1-5-13-27(14-6-1)22-36-26-31-33(38-24-29-17-9-3-10-18-29)34(39-25-30-19-11-4-12-20-30)32(21-35-31)37-23-28-15-7-2-8-16-28/h1-20,31-35H,21-26H2/t31-,32+,33-,34+/m1/s1. The number of ether oxygens (including phenoxy) is 4. The quantitative estimate of drug-likeness (QED) is 0.235. The predicted molar refractivity (Wildman–Crippen MR) is 153 cm³/mol. The van der Waals surface area contributed by atoms with Crippen molar-refractivity contribution in [3.8, 4) is 0 Å². The summed E-state index contributed by atoms with van der Waals surface area (Å²) < 4.78 is 25.9. The molecule has 0 aliphatic carbocycles. The maximum Gasteiger partial charge on any atom is 0.113 e. The van der Waals surface area contributed by atoms with Gasteiger partial charge in [0.05, 0.1) is 45.2 Å². The molecular formula is C34H37NO4. The molecule has 1 saturated heterocycles. The number of hydrogen-bond donors (Lipinski definition) is 1. The van der Waals surface area contributed by atoms with Gasteiger partial charge in [-0.1, -0.05) is 121 Å². The fraction of sp³-hybridized carbons (Fsp3) is 0.294. The molecule has 1 N–H and O–H groups in total. The zero-order chi connectivity index (χ0) is 26.5. The van der Waals surface area contributed by atoms with E-state index in [9.17, 15) is 0 Å². The molecule has 0 saturated carbocycles. The first-order valence-electron chi connectivity index (χ1n) is 13.7. The molecule has 39 heavy (non-hydrogen) atoms. The molecule has 5 nitrogen and oxygen atoms in total. The third-order valence-corrected chi connectivity index (χ3v) is 6.95. The van der Waals surface area contributed by atoms with Gasteiger partial charge in [-0.3, -0.25) is 0 Å². The summed E-state index contributed by atoms with van der Waals surface area (Å²) in [6.07, 6.45) is -0.719. The highest BCUT2D eigenvalue weighted by Crippen LogP contribution is 2.24. The number of nitrogens with one attached hydrogen (secondary N) is 1. The zero-order valence-corrected chi connectivity index (χ0v) is 22.2. The molecule has 202 valence electrons. The zero-order valence-electron chi connectivity index (χ0n) is 22.2. The Morgan fingerprint density at radius 2 is 0.897 bits per heavy atom. The molecule has 1 heterocycles. The molecule has 0 spiro atoms. The Labute approximate surface area is 231 Å². The van der Waals surface area contributed by atoms with Crippen molar-refractivity contribution >= 4 is 0 Å². The van der Waals surface area contributed by atoms with Crippen LogP contribution in [0.2, 0.25) is 0 Å². The molecule has 4 aromatic rings. The Kier molecular flexibility index (Phi) is 10.3. The van der Waals surface area contributed by atoms with Gasteiger partial charge in [0.2, 0.25) is 0 Å². The van der Waals surface area contributed by atoms with Crippen LogP contribution in [0.4, 0.5) is 0 Å². The molecule has 1 aliphatic rings. The van der Waals surface area contributed by atoms with E-state index in [2.05, 4.69) is 53.8 Å². The summed E-state index contributed by atoms with van der Waals surface area (Å²) in [6.45, 7) is 3.19. The minimum Gasteiger partial charge on any atom is -0.375 e. The molecule has 1 fully saturated rings. The van der Waals surface area contributed by atoms with Crippen molar-refractivity contribution in [2.45, 2.75) is 50.8 Å². The fourth-order valence-electron chi connectivity index (χ4n) is 4.85. The van der Waals surface area contributed by atoms with Crippen molar-refractivity contribution in [1.82, 2.24) is 5.32 Å². The van der Waals surface area contributed by atoms with Crippen molar-refractivity contribution in [2.75, 3.05) is 13.2 Å². The number of benzene rings is 4. The van der Waals surface area contributed by atoms with E-state index in [1.807, 2.05) is 72.8 Å². The normalized spacial score (nSPS) is 21.0. The van der Waals surface area contributed by atoms with E-state index < -0.39 is 0 Å². The molecule has 5 rings (SSSR count). The van der Waals surface area contributed by atoms with Gasteiger partial charge in [0.25, 0.3) is 0 Å². The van der Waals surface area contributed by atoms with Gasteiger partial charge < -0.3 is 24.3 Å². The van der Waals surface area contributed by atoms with Gasteiger partial charge in [0.1, 0.15) is 12.2 Å². The molecule has 0 unspecified atom stereocenters. The highest BCUT2D eigenvalue weighted by Gasteiger charge is 2.42. The van der Waals surface area contributed by atoms with Crippen LogP contribution in [-0.4, -0.2) is 37.5 Å². The lowest BCUT2D eigenvalue weighted by atomic mass is 9.95. The van der Waals surface area contributed by atoms with E-state index in [0.29, 0.717) is 39.6 Å². The maximum atomic E-state index is 6.62. The van der Waals surface area contributed by atoms with Crippen molar-refractivity contribution < 1.29 is 18.9 Å². The van der Waals surface area contributed by atoms with Crippen molar-refractivity contribution in [1.29, 1.82) is 0 Å². The number of rotatable bonds is 13. The van der Waals surface area contributed by atoms with Crippen LogP contribution in [0.1, 0.15) is 22.3 Å². The first-order valence-corrected chi connectivity index (χ1v) is 13.7. The third kappa shape index (κ3) is 8.33. The second-order valence-electron chi connectivity index (χ2n) is 9.87. The van der Waals surface area contributed by atoms with Gasteiger partial charge in [-0.25, -0.2) is 0 Å².